The van der Waals surface area contributed by atoms with Crippen LogP contribution in [-0.4, -0.2) is 11.7 Å². The summed E-state index contributed by atoms with van der Waals surface area (Å²) in [6, 6.07) is 3.61. The molecule has 1 N–H and O–H groups in total. The fourth-order valence-corrected chi connectivity index (χ4v) is 1.59. The summed E-state index contributed by atoms with van der Waals surface area (Å²) in [5, 5.41) is 2.84. The van der Waals surface area contributed by atoms with Crippen LogP contribution in [0.2, 0.25) is 0 Å². The van der Waals surface area contributed by atoms with E-state index in [0.717, 1.165) is 16.8 Å². The number of benzene rings is 1. The Hall–Kier alpha value is -1.64. The van der Waals surface area contributed by atoms with Crippen LogP contribution in [0.25, 0.3) is 0 Å². The molecule has 0 aliphatic heterocycles. The number of hydrogen-bond acceptors (Lipinski definition) is 2. The second kappa shape index (κ2) is 4.92. The number of aryl methyl sites for hydroxylation is 2. The molecule has 0 aliphatic carbocycles. The minimum Gasteiger partial charge on any atom is -0.326 e. The Balaban J connectivity index is 3.12. The zero-order chi connectivity index (χ0) is 12.3. The molecule has 1 aromatic rings. The van der Waals surface area contributed by atoms with Crippen molar-refractivity contribution in [3.63, 3.8) is 0 Å². The van der Waals surface area contributed by atoms with E-state index in [9.17, 15) is 9.59 Å². The zero-order valence-electron chi connectivity index (χ0n) is 10.2. The lowest BCUT2D eigenvalue weighted by atomic mass is 10.0. The van der Waals surface area contributed by atoms with Gasteiger partial charge in [-0.15, -0.1) is 0 Å². The van der Waals surface area contributed by atoms with Crippen LogP contribution in [0, 0.1) is 13.8 Å². The van der Waals surface area contributed by atoms with E-state index in [1.165, 1.54) is 0 Å². The lowest BCUT2D eigenvalue weighted by Gasteiger charge is -2.12. The number of carbonyl (C=O) groups excluding carboxylic acids is 2. The van der Waals surface area contributed by atoms with Crippen molar-refractivity contribution in [3.8, 4) is 0 Å². The third-order valence-electron chi connectivity index (χ3n) is 2.52. The van der Waals surface area contributed by atoms with Crippen LogP contribution >= 0.6 is 0 Å². The fourth-order valence-electron chi connectivity index (χ4n) is 1.59. The van der Waals surface area contributed by atoms with Crippen molar-refractivity contribution in [3.05, 3.63) is 28.8 Å². The predicted octanol–water partition coefficient (Wildman–Crippen LogP) is 2.85. The SMILES string of the molecule is CCC(=O)Nc1c(C)cc(C(C)=O)cc1C. The van der Waals surface area contributed by atoms with Crippen LogP contribution in [0.4, 0.5) is 5.69 Å². The second-order valence-corrected chi connectivity index (χ2v) is 3.94. The number of carbonyl (C=O) groups is 2. The summed E-state index contributed by atoms with van der Waals surface area (Å²) in [4.78, 5) is 22.6. The molecule has 0 heterocycles. The molecular formula is C13H17NO2. The van der Waals surface area contributed by atoms with Crippen molar-refractivity contribution in [1.29, 1.82) is 0 Å². The summed E-state index contributed by atoms with van der Waals surface area (Å²) in [7, 11) is 0. The number of nitrogens with one attached hydrogen (secondary N) is 1. The highest BCUT2D eigenvalue weighted by atomic mass is 16.1. The van der Waals surface area contributed by atoms with E-state index in [0.29, 0.717) is 12.0 Å². The molecule has 0 bridgehead atoms. The molecule has 3 nitrogen and oxygen atoms in total. The summed E-state index contributed by atoms with van der Waals surface area (Å²) in [5.74, 6) is 0.0290. The first-order valence-corrected chi connectivity index (χ1v) is 5.37. The molecule has 0 fully saturated rings. The van der Waals surface area contributed by atoms with Gasteiger partial charge in [0.05, 0.1) is 0 Å². The molecule has 0 spiro atoms. The van der Waals surface area contributed by atoms with Gasteiger partial charge in [0.1, 0.15) is 0 Å². The second-order valence-electron chi connectivity index (χ2n) is 3.94. The summed E-state index contributed by atoms with van der Waals surface area (Å²) in [6.07, 6.45) is 0.452. The molecule has 86 valence electrons. The van der Waals surface area contributed by atoms with Crippen molar-refractivity contribution >= 4 is 17.4 Å². The monoisotopic (exact) mass is 219 g/mol. The van der Waals surface area contributed by atoms with Gasteiger partial charge in [-0.3, -0.25) is 9.59 Å². The Morgan fingerprint density at radius 2 is 1.69 bits per heavy atom. The maximum absolute atomic E-state index is 11.3. The number of amides is 1. The molecule has 0 unspecified atom stereocenters. The Morgan fingerprint density at radius 3 is 2.06 bits per heavy atom. The van der Waals surface area contributed by atoms with Crippen molar-refractivity contribution in [2.24, 2.45) is 0 Å². The van der Waals surface area contributed by atoms with Gasteiger partial charge in [-0.1, -0.05) is 6.92 Å². The number of hydrogen-bond donors (Lipinski definition) is 1. The van der Waals surface area contributed by atoms with Gasteiger partial charge in [0.25, 0.3) is 0 Å². The van der Waals surface area contributed by atoms with Crippen LogP contribution < -0.4 is 5.32 Å². The Morgan fingerprint density at radius 1 is 1.19 bits per heavy atom. The van der Waals surface area contributed by atoms with E-state index in [2.05, 4.69) is 5.32 Å². The lowest BCUT2D eigenvalue weighted by Crippen LogP contribution is -2.12. The third kappa shape index (κ3) is 2.69. The predicted molar refractivity (Wildman–Crippen MR) is 64.8 cm³/mol. The van der Waals surface area contributed by atoms with Crippen LogP contribution in [0.1, 0.15) is 41.8 Å². The van der Waals surface area contributed by atoms with Gasteiger partial charge in [-0.05, 0) is 44.0 Å². The van der Waals surface area contributed by atoms with Gasteiger partial charge in [-0.25, -0.2) is 0 Å². The average Bonchev–Trinajstić information content (AvgIpc) is 2.22. The summed E-state index contributed by atoms with van der Waals surface area (Å²) >= 11 is 0. The van der Waals surface area contributed by atoms with E-state index >= 15 is 0 Å². The number of ketones is 1. The third-order valence-corrected chi connectivity index (χ3v) is 2.52. The number of rotatable bonds is 3. The molecule has 0 atom stereocenters. The van der Waals surface area contributed by atoms with Crippen molar-refractivity contribution < 1.29 is 9.59 Å². The van der Waals surface area contributed by atoms with E-state index in [1.807, 2.05) is 20.8 Å². The Bertz CT molecular complexity index is 413. The molecule has 1 amide bonds. The van der Waals surface area contributed by atoms with E-state index in [-0.39, 0.29) is 11.7 Å². The van der Waals surface area contributed by atoms with Crippen molar-refractivity contribution in [2.75, 3.05) is 5.32 Å². The Kier molecular flexibility index (Phi) is 3.82. The molecule has 1 aromatic carbocycles. The van der Waals surface area contributed by atoms with Gasteiger partial charge >= 0.3 is 0 Å². The smallest absolute Gasteiger partial charge is 0.224 e. The van der Waals surface area contributed by atoms with Crippen molar-refractivity contribution in [1.82, 2.24) is 0 Å². The molecular weight excluding hydrogens is 202 g/mol. The quantitative estimate of drug-likeness (QED) is 0.794. The number of Topliss-reactive ketones (excluding diaryl/α,β-unsaturated/α-hetero) is 1. The first-order chi connectivity index (χ1) is 7.45. The molecule has 0 radical (unpaired) electrons. The highest BCUT2D eigenvalue weighted by Crippen LogP contribution is 2.22. The lowest BCUT2D eigenvalue weighted by molar-refractivity contribution is -0.115. The van der Waals surface area contributed by atoms with Gasteiger partial charge in [0, 0.05) is 17.7 Å². The van der Waals surface area contributed by atoms with E-state index in [4.69, 9.17) is 0 Å². The van der Waals surface area contributed by atoms with Crippen LogP contribution in [0.3, 0.4) is 0 Å². The first kappa shape index (κ1) is 12.4. The molecule has 0 aromatic heterocycles. The largest absolute Gasteiger partial charge is 0.326 e. The standard InChI is InChI=1S/C13H17NO2/c1-5-12(16)14-13-8(2)6-11(10(4)15)7-9(13)3/h6-7H,5H2,1-4H3,(H,14,16). The van der Waals surface area contributed by atoms with E-state index < -0.39 is 0 Å². The van der Waals surface area contributed by atoms with Crippen LogP contribution in [0.15, 0.2) is 12.1 Å². The molecule has 0 aliphatic rings. The molecule has 16 heavy (non-hydrogen) atoms. The molecule has 3 heteroatoms. The first-order valence-electron chi connectivity index (χ1n) is 5.37. The molecule has 1 rings (SSSR count). The topological polar surface area (TPSA) is 46.2 Å². The van der Waals surface area contributed by atoms with Gasteiger partial charge in [0.2, 0.25) is 5.91 Å². The highest BCUT2D eigenvalue weighted by Gasteiger charge is 2.09. The van der Waals surface area contributed by atoms with Crippen LogP contribution in [-0.2, 0) is 4.79 Å². The van der Waals surface area contributed by atoms with E-state index in [1.54, 1.807) is 19.1 Å². The minimum absolute atomic E-state index is 0.0122. The van der Waals surface area contributed by atoms with Gasteiger partial charge < -0.3 is 5.32 Å². The summed E-state index contributed by atoms with van der Waals surface area (Å²) in [5.41, 5.74) is 3.35. The molecule has 0 saturated heterocycles. The van der Waals surface area contributed by atoms with Crippen molar-refractivity contribution in [2.45, 2.75) is 34.1 Å². The van der Waals surface area contributed by atoms with Gasteiger partial charge in [0.15, 0.2) is 5.78 Å². The highest BCUT2D eigenvalue weighted by molar-refractivity contribution is 5.97. The maximum atomic E-state index is 11.3. The maximum Gasteiger partial charge on any atom is 0.224 e. The average molecular weight is 219 g/mol. The van der Waals surface area contributed by atoms with Crippen LogP contribution in [0.5, 0.6) is 0 Å². The fraction of sp³-hybridized carbons (Fsp3) is 0.385. The Labute approximate surface area is 95.9 Å². The normalized spacial score (nSPS) is 10.0. The summed E-state index contributed by atoms with van der Waals surface area (Å²) < 4.78 is 0. The van der Waals surface area contributed by atoms with Gasteiger partial charge in [-0.2, -0.15) is 0 Å². The zero-order valence-corrected chi connectivity index (χ0v) is 10.2. The summed E-state index contributed by atoms with van der Waals surface area (Å²) in [6.45, 7) is 7.14. The molecule has 0 saturated carbocycles. The number of anilines is 1. The minimum atomic E-state index is -0.0122.